The number of amides is 4. The lowest BCUT2D eigenvalue weighted by molar-refractivity contribution is -0.144. The van der Waals surface area contributed by atoms with Gasteiger partial charge in [0, 0.05) is 38.4 Å². The van der Waals surface area contributed by atoms with E-state index in [4.69, 9.17) is 0 Å². The van der Waals surface area contributed by atoms with Crippen LogP contribution in [0.2, 0.25) is 0 Å². The lowest BCUT2D eigenvalue weighted by Crippen LogP contribution is -2.49. The SMILES string of the molecule is CC(=O)NCCC1(C(=O)NC(Cc2ccc(N3C(=O)[C@@H](Cc4ccccc4)N(C(=O)CCC(=O)O)C3CCc3ccccc3)cc2)C(=O)O)CCCC1. The summed E-state index contributed by atoms with van der Waals surface area (Å²) < 4.78 is 0. The Balaban J connectivity index is 1.40. The van der Waals surface area contributed by atoms with Crippen molar-refractivity contribution in [2.75, 3.05) is 11.4 Å². The maximum absolute atomic E-state index is 14.4. The largest absolute Gasteiger partial charge is 0.481 e. The normalized spacial score (nSPS) is 18.4. The first kappa shape index (κ1) is 38.7. The standard InChI is InChI=1S/C41H48N4O8/c1-28(46)42-25-24-41(22-8-9-23-41)40(53)43-33(39(51)52)26-31-14-17-32(18-15-31)44-35(19-16-29-10-4-2-5-11-29)45(36(47)20-21-37(48)49)34(38(44)50)27-30-12-6-3-7-13-30/h2-7,10-15,17-18,33-35H,8-9,16,19-27H2,1H3,(H,42,46)(H,43,53)(H,48,49)(H,51,52)/t33?,34-,35?/m1/s1. The number of nitrogens with zero attached hydrogens (tertiary/aromatic N) is 2. The van der Waals surface area contributed by atoms with Crippen LogP contribution in [0, 0.1) is 5.41 Å². The Bertz CT molecular complexity index is 1760. The van der Waals surface area contributed by atoms with Crippen LogP contribution < -0.4 is 15.5 Å². The zero-order valence-electron chi connectivity index (χ0n) is 30.0. The fourth-order valence-corrected chi connectivity index (χ4v) is 7.63. The van der Waals surface area contributed by atoms with E-state index >= 15 is 0 Å². The minimum absolute atomic E-state index is 0.00490. The third-order valence-electron chi connectivity index (χ3n) is 10.4. The molecule has 2 unspecified atom stereocenters. The summed E-state index contributed by atoms with van der Waals surface area (Å²) in [7, 11) is 0. The number of carbonyl (C=O) groups excluding carboxylic acids is 4. The van der Waals surface area contributed by atoms with Gasteiger partial charge in [-0.1, -0.05) is 85.6 Å². The Morgan fingerprint density at radius 1 is 0.830 bits per heavy atom. The molecule has 12 nitrogen and oxygen atoms in total. The van der Waals surface area contributed by atoms with Crippen LogP contribution in [0.25, 0.3) is 0 Å². The molecule has 0 radical (unpaired) electrons. The molecule has 2 aliphatic rings. The highest BCUT2D eigenvalue weighted by molar-refractivity contribution is 6.03. The monoisotopic (exact) mass is 724 g/mol. The molecule has 1 saturated heterocycles. The van der Waals surface area contributed by atoms with Crippen molar-refractivity contribution < 1.29 is 39.0 Å². The van der Waals surface area contributed by atoms with E-state index in [1.807, 2.05) is 60.7 Å². The van der Waals surface area contributed by atoms with E-state index in [1.165, 1.54) is 6.92 Å². The Kier molecular flexibility index (Phi) is 13.0. The molecule has 1 aliphatic carbocycles. The number of aryl methyl sites for hydroxylation is 1. The van der Waals surface area contributed by atoms with E-state index in [9.17, 15) is 39.0 Å². The summed E-state index contributed by atoms with van der Waals surface area (Å²) in [6, 6.07) is 23.9. The molecule has 1 heterocycles. The smallest absolute Gasteiger partial charge is 0.326 e. The van der Waals surface area contributed by atoms with Crippen molar-refractivity contribution in [1.29, 1.82) is 0 Å². The molecule has 5 rings (SSSR count). The van der Waals surface area contributed by atoms with Crippen LogP contribution in [-0.2, 0) is 48.0 Å². The Morgan fingerprint density at radius 3 is 2.04 bits per heavy atom. The van der Waals surface area contributed by atoms with Crippen LogP contribution >= 0.6 is 0 Å². The summed E-state index contributed by atoms with van der Waals surface area (Å²) in [6.07, 6.45) is 3.27. The highest BCUT2D eigenvalue weighted by atomic mass is 16.4. The van der Waals surface area contributed by atoms with Crippen LogP contribution in [0.5, 0.6) is 0 Å². The predicted octanol–water partition coefficient (Wildman–Crippen LogP) is 4.50. The lowest BCUT2D eigenvalue weighted by atomic mass is 9.81. The van der Waals surface area contributed by atoms with E-state index in [1.54, 1.807) is 34.1 Å². The molecule has 0 bridgehead atoms. The van der Waals surface area contributed by atoms with Gasteiger partial charge in [-0.05, 0) is 60.9 Å². The zero-order chi connectivity index (χ0) is 38.0. The molecule has 1 aliphatic heterocycles. The first-order chi connectivity index (χ1) is 25.5. The molecule has 3 atom stereocenters. The fraction of sp³-hybridized carbons (Fsp3) is 0.415. The van der Waals surface area contributed by atoms with Gasteiger partial charge >= 0.3 is 11.9 Å². The van der Waals surface area contributed by atoms with Gasteiger partial charge in [0.05, 0.1) is 11.8 Å². The maximum Gasteiger partial charge on any atom is 0.326 e. The number of nitrogens with one attached hydrogen (secondary N) is 2. The van der Waals surface area contributed by atoms with Crippen molar-refractivity contribution in [2.24, 2.45) is 5.41 Å². The summed E-state index contributed by atoms with van der Waals surface area (Å²) in [5, 5.41) is 25.0. The second kappa shape index (κ2) is 17.8. The van der Waals surface area contributed by atoms with Gasteiger partial charge in [0.25, 0.3) is 5.91 Å². The first-order valence-electron chi connectivity index (χ1n) is 18.3. The van der Waals surface area contributed by atoms with Gasteiger partial charge in [-0.3, -0.25) is 28.9 Å². The number of hydrogen-bond acceptors (Lipinski definition) is 6. The molecule has 0 aromatic heterocycles. The number of aliphatic carboxylic acids is 2. The highest BCUT2D eigenvalue weighted by Gasteiger charge is 2.48. The Hall–Kier alpha value is -5.52. The summed E-state index contributed by atoms with van der Waals surface area (Å²) in [6.45, 7) is 1.75. The maximum atomic E-state index is 14.4. The van der Waals surface area contributed by atoms with E-state index in [-0.39, 0.29) is 43.4 Å². The second-order valence-corrected chi connectivity index (χ2v) is 14.1. The quantitative estimate of drug-likeness (QED) is 0.158. The highest BCUT2D eigenvalue weighted by Crippen LogP contribution is 2.41. The number of anilines is 1. The van der Waals surface area contributed by atoms with Crippen molar-refractivity contribution in [1.82, 2.24) is 15.5 Å². The van der Waals surface area contributed by atoms with Crippen LogP contribution in [0.3, 0.4) is 0 Å². The molecule has 2 fully saturated rings. The number of carboxylic acids is 2. The molecular weight excluding hydrogens is 676 g/mol. The minimum atomic E-state index is -1.20. The van der Waals surface area contributed by atoms with Crippen molar-refractivity contribution in [3.8, 4) is 0 Å². The third-order valence-corrected chi connectivity index (χ3v) is 10.4. The Morgan fingerprint density at radius 2 is 1.45 bits per heavy atom. The second-order valence-electron chi connectivity index (χ2n) is 14.1. The van der Waals surface area contributed by atoms with E-state index in [2.05, 4.69) is 10.6 Å². The predicted molar refractivity (Wildman–Crippen MR) is 198 cm³/mol. The molecule has 4 amide bonds. The van der Waals surface area contributed by atoms with E-state index in [0.717, 1.165) is 24.0 Å². The van der Waals surface area contributed by atoms with Crippen molar-refractivity contribution >= 4 is 41.3 Å². The van der Waals surface area contributed by atoms with Gasteiger partial charge < -0.3 is 25.7 Å². The Labute approximate surface area is 309 Å². The molecule has 3 aromatic rings. The third kappa shape index (κ3) is 9.88. The number of rotatable bonds is 17. The average Bonchev–Trinajstić information content (AvgIpc) is 3.73. The molecule has 12 heteroatoms. The summed E-state index contributed by atoms with van der Waals surface area (Å²) >= 11 is 0. The van der Waals surface area contributed by atoms with Gasteiger partial charge in [-0.15, -0.1) is 0 Å². The van der Waals surface area contributed by atoms with Crippen LogP contribution in [0.1, 0.15) is 75.0 Å². The average molecular weight is 725 g/mol. The van der Waals surface area contributed by atoms with E-state index in [0.29, 0.717) is 49.9 Å². The lowest BCUT2D eigenvalue weighted by Gasteiger charge is -2.32. The fourth-order valence-electron chi connectivity index (χ4n) is 7.63. The van der Waals surface area contributed by atoms with Crippen molar-refractivity contribution in [3.63, 3.8) is 0 Å². The number of hydrogen-bond donors (Lipinski definition) is 4. The van der Waals surface area contributed by atoms with Crippen LogP contribution in [-0.4, -0.2) is 75.5 Å². The van der Waals surface area contributed by atoms with Crippen LogP contribution in [0.4, 0.5) is 5.69 Å². The van der Waals surface area contributed by atoms with Gasteiger partial charge in [0.15, 0.2) is 0 Å². The van der Waals surface area contributed by atoms with Gasteiger partial charge in [0.2, 0.25) is 17.7 Å². The first-order valence-corrected chi connectivity index (χ1v) is 18.3. The molecule has 3 aromatic carbocycles. The molecule has 0 spiro atoms. The number of carboxylic acid groups (broad SMARTS) is 2. The molecule has 53 heavy (non-hydrogen) atoms. The summed E-state index contributed by atoms with van der Waals surface area (Å²) in [5.41, 5.74) is 2.28. The molecular formula is C41H48N4O8. The topological polar surface area (TPSA) is 173 Å². The minimum Gasteiger partial charge on any atom is -0.481 e. The molecule has 1 saturated carbocycles. The molecule has 280 valence electrons. The van der Waals surface area contributed by atoms with Gasteiger partial charge in [-0.25, -0.2) is 4.79 Å². The van der Waals surface area contributed by atoms with Gasteiger partial charge in [0.1, 0.15) is 18.2 Å². The van der Waals surface area contributed by atoms with Crippen molar-refractivity contribution in [2.45, 2.75) is 95.8 Å². The van der Waals surface area contributed by atoms with Crippen molar-refractivity contribution in [3.05, 3.63) is 102 Å². The molecule has 4 N–H and O–H groups in total. The number of carbonyl (C=O) groups is 6. The number of benzene rings is 3. The van der Waals surface area contributed by atoms with Crippen LogP contribution in [0.15, 0.2) is 84.9 Å². The zero-order valence-corrected chi connectivity index (χ0v) is 30.0. The summed E-state index contributed by atoms with van der Waals surface area (Å²) in [4.78, 5) is 80.2. The summed E-state index contributed by atoms with van der Waals surface area (Å²) in [5.74, 6) is -3.50. The van der Waals surface area contributed by atoms with E-state index < -0.39 is 41.5 Å². The van der Waals surface area contributed by atoms with Gasteiger partial charge in [-0.2, -0.15) is 0 Å².